The van der Waals surface area contributed by atoms with Crippen LogP contribution in [0.25, 0.3) is 0 Å². The van der Waals surface area contributed by atoms with Gasteiger partial charge in [-0.25, -0.2) is 0 Å². The number of nitrogens with zero attached hydrogens (tertiary/aromatic N) is 2. The van der Waals surface area contributed by atoms with Gasteiger partial charge in [0.25, 0.3) is 0 Å². The topological polar surface area (TPSA) is 62.5 Å². The van der Waals surface area contributed by atoms with E-state index in [-0.39, 0.29) is 10.9 Å². The highest BCUT2D eigenvalue weighted by Gasteiger charge is 2.08. The molecule has 0 radical (unpaired) electrons. The van der Waals surface area contributed by atoms with Crippen LogP contribution < -0.4 is 20.3 Å². The summed E-state index contributed by atoms with van der Waals surface area (Å²) in [6.45, 7) is 5.56. The van der Waals surface area contributed by atoms with Crippen LogP contribution in [0.1, 0.15) is 37.1 Å². The molecule has 6 heteroatoms. The predicted octanol–water partition coefficient (Wildman–Crippen LogP) is 2.90. The number of methoxy groups -OCH3 is 2. The van der Waals surface area contributed by atoms with Crippen LogP contribution in [0.3, 0.4) is 0 Å². The summed E-state index contributed by atoms with van der Waals surface area (Å²) < 4.78 is 14.5. The molecule has 0 aliphatic heterocycles. The maximum absolute atomic E-state index is 11.7. The molecular weight excluding hydrogens is 332 g/mol. The number of aromatic nitrogens is 2. The third-order valence-electron chi connectivity index (χ3n) is 4.73. The minimum Gasteiger partial charge on any atom is -0.491 e. The van der Waals surface area contributed by atoms with Crippen molar-refractivity contribution in [3.05, 3.63) is 56.4 Å². The lowest BCUT2D eigenvalue weighted by molar-refractivity contribution is 0.396. The number of pyridine rings is 2. The van der Waals surface area contributed by atoms with E-state index in [1.807, 2.05) is 26.2 Å². The molecule has 0 unspecified atom stereocenters. The van der Waals surface area contributed by atoms with Gasteiger partial charge in [0, 0.05) is 37.6 Å². The van der Waals surface area contributed by atoms with Crippen molar-refractivity contribution >= 4 is 0 Å². The van der Waals surface area contributed by atoms with E-state index in [1.165, 1.54) is 14.2 Å². The average molecular weight is 360 g/mol. The number of hydrogen-bond acceptors (Lipinski definition) is 4. The lowest BCUT2D eigenvalue weighted by Crippen LogP contribution is -2.14. The normalized spacial score (nSPS) is 10.8. The number of unbranched alkanes of at least 4 members (excludes halogenated alkanes) is 3. The van der Waals surface area contributed by atoms with E-state index in [0.717, 1.165) is 50.2 Å². The molecule has 0 bridgehead atoms. The second-order valence-corrected chi connectivity index (χ2v) is 6.40. The van der Waals surface area contributed by atoms with Gasteiger partial charge >= 0.3 is 0 Å². The highest BCUT2D eigenvalue weighted by Crippen LogP contribution is 2.14. The first-order valence-corrected chi connectivity index (χ1v) is 8.97. The lowest BCUT2D eigenvalue weighted by atomic mass is 10.2. The third kappa shape index (κ3) is 4.56. The van der Waals surface area contributed by atoms with Crippen LogP contribution in [-0.4, -0.2) is 23.4 Å². The maximum atomic E-state index is 11.7. The molecule has 0 saturated carbocycles. The highest BCUT2D eigenvalue weighted by molar-refractivity contribution is 5.27. The van der Waals surface area contributed by atoms with Gasteiger partial charge in [-0.1, -0.05) is 12.8 Å². The molecule has 0 spiro atoms. The summed E-state index contributed by atoms with van der Waals surface area (Å²) in [5, 5.41) is 0. The molecule has 26 heavy (non-hydrogen) atoms. The van der Waals surface area contributed by atoms with E-state index >= 15 is 0 Å². The maximum Gasteiger partial charge on any atom is 0.223 e. The fraction of sp³-hybridized carbons (Fsp3) is 0.500. The molecule has 0 saturated heterocycles. The standard InChI is InChI=1S/C20H28N2O4/c1-15-19(25-3)17(23)9-13-21(15)11-7-5-6-8-12-22-14-10-18(24)20(26-4)16(22)2/h9-10,13-14H,5-8,11-12H2,1-4H3. The number of ether oxygens (including phenoxy) is 2. The van der Waals surface area contributed by atoms with Crippen molar-refractivity contribution in [1.82, 2.24) is 9.13 Å². The van der Waals surface area contributed by atoms with Crippen molar-refractivity contribution in [2.24, 2.45) is 0 Å². The van der Waals surface area contributed by atoms with Gasteiger partial charge in [0.1, 0.15) is 0 Å². The van der Waals surface area contributed by atoms with E-state index in [2.05, 4.69) is 9.13 Å². The van der Waals surface area contributed by atoms with Gasteiger partial charge in [0.05, 0.1) is 25.6 Å². The molecule has 2 aromatic rings. The molecule has 0 fully saturated rings. The molecule has 2 heterocycles. The molecule has 0 amide bonds. The van der Waals surface area contributed by atoms with Gasteiger partial charge in [0.15, 0.2) is 11.5 Å². The molecule has 0 aromatic carbocycles. The van der Waals surface area contributed by atoms with E-state index in [4.69, 9.17) is 9.47 Å². The Kier molecular flexibility index (Phi) is 7.06. The second kappa shape index (κ2) is 9.27. The first-order valence-electron chi connectivity index (χ1n) is 8.97. The fourth-order valence-electron chi connectivity index (χ4n) is 3.21. The van der Waals surface area contributed by atoms with E-state index in [9.17, 15) is 9.59 Å². The SMILES string of the molecule is COc1c(C)n(CCCCCCn2ccc(=O)c(OC)c2C)ccc1=O. The zero-order valence-electron chi connectivity index (χ0n) is 16.1. The first-order chi connectivity index (χ1) is 12.5. The Morgan fingerprint density at radius 2 is 1.12 bits per heavy atom. The Bertz CT molecular complexity index is 780. The lowest BCUT2D eigenvalue weighted by Gasteiger charge is -2.14. The largest absolute Gasteiger partial charge is 0.491 e. The minimum atomic E-state index is -0.0758. The zero-order valence-corrected chi connectivity index (χ0v) is 16.1. The third-order valence-corrected chi connectivity index (χ3v) is 4.73. The number of hydrogen-bond donors (Lipinski definition) is 0. The van der Waals surface area contributed by atoms with Gasteiger partial charge in [-0.05, 0) is 26.7 Å². The Balaban J connectivity index is 1.80. The summed E-state index contributed by atoms with van der Waals surface area (Å²) >= 11 is 0. The number of rotatable bonds is 9. The Hall–Kier alpha value is -2.50. The van der Waals surface area contributed by atoms with E-state index in [0.29, 0.717) is 11.5 Å². The van der Waals surface area contributed by atoms with Crippen molar-refractivity contribution in [3.8, 4) is 11.5 Å². The van der Waals surface area contributed by atoms with Gasteiger partial charge in [-0.2, -0.15) is 0 Å². The summed E-state index contributed by atoms with van der Waals surface area (Å²) in [5.74, 6) is 0.852. The smallest absolute Gasteiger partial charge is 0.223 e. The van der Waals surface area contributed by atoms with Gasteiger partial charge in [0.2, 0.25) is 10.9 Å². The Labute approximate surface area is 154 Å². The van der Waals surface area contributed by atoms with Crippen molar-refractivity contribution in [3.63, 3.8) is 0 Å². The van der Waals surface area contributed by atoms with Crippen LogP contribution in [0, 0.1) is 13.8 Å². The van der Waals surface area contributed by atoms with Gasteiger partial charge in [-0.3, -0.25) is 9.59 Å². The van der Waals surface area contributed by atoms with Gasteiger partial charge < -0.3 is 18.6 Å². The number of aryl methyl sites for hydroxylation is 2. The monoisotopic (exact) mass is 360 g/mol. The fourth-order valence-corrected chi connectivity index (χ4v) is 3.21. The molecule has 0 atom stereocenters. The quantitative estimate of drug-likeness (QED) is 0.645. The summed E-state index contributed by atoms with van der Waals surface area (Å²) in [5.41, 5.74) is 1.59. The first kappa shape index (κ1) is 19.8. The molecule has 0 N–H and O–H groups in total. The zero-order chi connectivity index (χ0) is 19.1. The molecular formula is C20H28N2O4. The van der Waals surface area contributed by atoms with E-state index in [1.54, 1.807) is 12.1 Å². The van der Waals surface area contributed by atoms with Crippen molar-refractivity contribution < 1.29 is 9.47 Å². The van der Waals surface area contributed by atoms with Crippen LogP contribution >= 0.6 is 0 Å². The molecule has 2 aromatic heterocycles. The van der Waals surface area contributed by atoms with Crippen LogP contribution in [0.5, 0.6) is 11.5 Å². The molecule has 142 valence electrons. The minimum absolute atomic E-state index is 0.0758. The van der Waals surface area contributed by atoms with Crippen molar-refractivity contribution in [2.45, 2.75) is 52.6 Å². The van der Waals surface area contributed by atoms with Crippen LogP contribution in [0.15, 0.2) is 34.1 Å². The summed E-state index contributed by atoms with van der Waals surface area (Å²) in [7, 11) is 3.06. The Morgan fingerprint density at radius 1 is 0.731 bits per heavy atom. The average Bonchev–Trinajstić information content (AvgIpc) is 2.62. The molecule has 0 aliphatic rings. The van der Waals surface area contributed by atoms with Crippen LogP contribution in [0.4, 0.5) is 0 Å². The van der Waals surface area contributed by atoms with Crippen LogP contribution in [0.2, 0.25) is 0 Å². The molecule has 2 rings (SSSR count). The molecule has 6 nitrogen and oxygen atoms in total. The summed E-state index contributed by atoms with van der Waals surface area (Å²) in [6, 6.07) is 3.11. The van der Waals surface area contributed by atoms with Crippen LogP contribution in [-0.2, 0) is 13.1 Å². The van der Waals surface area contributed by atoms with Crippen molar-refractivity contribution in [2.75, 3.05) is 14.2 Å². The molecule has 0 aliphatic carbocycles. The second-order valence-electron chi connectivity index (χ2n) is 6.40. The Morgan fingerprint density at radius 3 is 1.46 bits per heavy atom. The summed E-state index contributed by atoms with van der Waals surface area (Å²) in [4.78, 5) is 23.4. The van der Waals surface area contributed by atoms with E-state index < -0.39 is 0 Å². The predicted molar refractivity (Wildman–Crippen MR) is 102 cm³/mol. The van der Waals surface area contributed by atoms with Crippen molar-refractivity contribution in [1.29, 1.82) is 0 Å². The summed E-state index contributed by atoms with van der Waals surface area (Å²) in [6.07, 6.45) is 7.94. The van der Waals surface area contributed by atoms with Gasteiger partial charge in [-0.15, -0.1) is 0 Å². The highest BCUT2D eigenvalue weighted by atomic mass is 16.5.